The van der Waals surface area contributed by atoms with E-state index in [1.807, 2.05) is 0 Å². The third kappa shape index (κ3) is 3.47. The van der Waals surface area contributed by atoms with Gasteiger partial charge in [0.1, 0.15) is 11.9 Å². The number of rotatable bonds is 5. The minimum atomic E-state index is 0.243. The first-order valence-electron chi connectivity index (χ1n) is 8.62. The lowest BCUT2D eigenvalue weighted by atomic mass is 10.0. The minimum Gasteiger partial charge on any atom is -0.490 e. The van der Waals surface area contributed by atoms with Gasteiger partial charge < -0.3 is 14.4 Å². The number of benzene rings is 1. The fraction of sp³-hybridized carbons (Fsp3) is 0.684. The van der Waals surface area contributed by atoms with E-state index in [0.717, 1.165) is 18.6 Å². The zero-order valence-corrected chi connectivity index (χ0v) is 14.3. The maximum Gasteiger partial charge on any atom is 0.125 e. The highest BCUT2D eigenvalue weighted by Crippen LogP contribution is 2.36. The molecule has 0 amide bonds. The molecule has 2 fully saturated rings. The van der Waals surface area contributed by atoms with E-state index in [1.54, 1.807) is 0 Å². The third-order valence-electron chi connectivity index (χ3n) is 5.14. The van der Waals surface area contributed by atoms with Crippen molar-refractivity contribution in [1.29, 1.82) is 0 Å². The Kier molecular flexibility index (Phi) is 4.74. The molecule has 2 aliphatic heterocycles. The van der Waals surface area contributed by atoms with E-state index in [1.165, 1.54) is 24.0 Å². The van der Waals surface area contributed by atoms with Crippen molar-refractivity contribution in [2.24, 2.45) is 0 Å². The molecule has 2 saturated heterocycles. The number of fused-ring (bicyclic) bond motifs is 2. The van der Waals surface area contributed by atoms with Crippen molar-refractivity contribution < 1.29 is 9.47 Å². The SMILES string of the molecule is Cc1ccc(O[C@H]2C[C@H]3CC[C@@H](C2)N3C)c(COC(C)C)c1. The van der Waals surface area contributed by atoms with Crippen LogP contribution in [0.15, 0.2) is 18.2 Å². The van der Waals surface area contributed by atoms with Gasteiger partial charge in [-0.1, -0.05) is 17.7 Å². The van der Waals surface area contributed by atoms with Crippen molar-refractivity contribution in [2.75, 3.05) is 7.05 Å². The molecule has 2 bridgehead atoms. The largest absolute Gasteiger partial charge is 0.490 e. The van der Waals surface area contributed by atoms with Crippen molar-refractivity contribution in [2.45, 2.75) is 77.4 Å². The van der Waals surface area contributed by atoms with E-state index in [-0.39, 0.29) is 6.10 Å². The van der Waals surface area contributed by atoms with E-state index in [9.17, 15) is 0 Å². The summed E-state index contributed by atoms with van der Waals surface area (Å²) in [4.78, 5) is 2.55. The molecule has 0 radical (unpaired) electrons. The summed E-state index contributed by atoms with van der Waals surface area (Å²) in [5.41, 5.74) is 2.44. The van der Waals surface area contributed by atoms with Gasteiger partial charge in [-0.05, 0) is 59.6 Å². The Bertz CT molecular complexity index is 500. The Labute approximate surface area is 134 Å². The average molecular weight is 303 g/mol. The second kappa shape index (κ2) is 6.59. The van der Waals surface area contributed by atoms with Gasteiger partial charge in [0.05, 0.1) is 12.7 Å². The zero-order valence-electron chi connectivity index (χ0n) is 14.3. The van der Waals surface area contributed by atoms with Crippen LogP contribution in [0.4, 0.5) is 0 Å². The third-order valence-corrected chi connectivity index (χ3v) is 5.14. The van der Waals surface area contributed by atoms with Gasteiger partial charge in [0.15, 0.2) is 0 Å². The number of hydrogen-bond acceptors (Lipinski definition) is 3. The molecule has 0 spiro atoms. The minimum absolute atomic E-state index is 0.243. The van der Waals surface area contributed by atoms with Gasteiger partial charge in [0.2, 0.25) is 0 Å². The lowest BCUT2D eigenvalue weighted by molar-refractivity contribution is 0.0521. The highest BCUT2D eigenvalue weighted by Gasteiger charge is 2.39. The molecule has 122 valence electrons. The normalized spacial score (nSPS) is 28.3. The highest BCUT2D eigenvalue weighted by molar-refractivity contribution is 5.36. The summed E-state index contributed by atoms with van der Waals surface area (Å²) in [5.74, 6) is 1.01. The average Bonchev–Trinajstić information content (AvgIpc) is 2.70. The number of nitrogens with zero attached hydrogens (tertiary/aromatic N) is 1. The Balaban J connectivity index is 1.69. The Morgan fingerprint density at radius 2 is 1.86 bits per heavy atom. The number of ether oxygens (including phenoxy) is 2. The summed E-state index contributed by atoms with van der Waals surface area (Å²) in [6.45, 7) is 6.91. The maximum atomic E-state index is 6.40. The summed E-state index contributed by atoms with van der Waals surface area (Å²) < 4.78 is 12.2. The van der Waals surface area contributed by atoms with Gasteiger partial charge in [-0.15, -0.1) is 0 Å². The molecule has 2 heterocycles. The molecule has 22 heavy (non-hydrogen) atoms. The Hall–Kier alpha value is -1.06. The molecule has 1 aromatic carbocycles. The zero-order chi connectivity index (χ0) is 15.7. The first-order valence-corrected chi connectivity index (χ1v) is 8.62. The van der Waals surface area contributed by atoms with Gasteiger partial charge >= 0.3 is 0 Å². The molecule has 2 aliphatic rings. The number of aryl methyl sites for hydroxylation is 1. The van der Waals surface area contributed by atoms with E-state index >= 15 is 0 Å². The Morgan fingerprint density at radius 1 is 1.18 bits per heavy atom. The van der Waals surface area contributed by atoms with Crippen LogP contribution in [0.3, 0.4) is 0 Å². The first-order chi connectivity index (χ1) is 10.5. The van der Waals surface area contributed by atoms with Crippen molar-refractivity contribution >= 4 is 0 Å². The fourth-order valence-electron chi connectivity index (χ4n) is 3.83. The molecule has 1 aromatic rings. The standard InChI is InChI=1S/C19H29NO2/c1-13(2)21-12-15-9-14(3)5-8-19(15)22-18-10-16-6-7-17(11-18)20(16)4/h5,8-9,13,16-18H,6-7,10-12H2,1-4H3/t16-,17+,18+. The quantitative estimate of drug-likeness (QED) is 0.823. The van der Waals surface area contributed by atoms with Crippen LogP contribution in [-0.2, 0) is 11.3 Å². The smallest absolute Gasteiger partial charge is 0.125 e. The van der Waals surface area contributed by atoms with E-state index in [2.05, 4.69) is 50.9 Å². The summed E-state index contributed by atoms with van der Waals surface area (Å²) in [7, 11) is 2.27. The molecule has 3 atom stereocenters. The van der Waals surface area contributed by atoms with E-state index in [4.69, 9.17) is 9.47 Å². The second-order valence-electron chi connectivity index (χ2n) is 7.23. The molecule has 3 heteroatoms. The predicted octanol–water partition coefficient (Wildman–Crippen LogP) is 3.92. The van der Waals surface area contributed by atoms with Crippen LogP contribution < -0.4 is 4.74 Å². The molecule has 0 N–H and O–H groups in total. The second-order valence-corrected chi connectivity index (χ2v) is 7.23. The van der Waals surface area contributed by atoms with Gasteiger partial charge in [0.25, 0.3) is 0 Å². The molecule has 0 aromatic heterocycles. The fourth-order valence-corrected chi connectivity index (χ4v) is 3.83. The van der Waals surface area contributed by atoms with Crippen molar-refractivity contribution in [1.82, 2.24) is 4.90 Å². The van der Waals surface area contributed by atoms with Crippen molar-refractivity contribution in [3.63, 3.8) is 0 Å². The Morgan fingerprint density at radius 3 is 2.50 bits per heavy atom. The van der Waals surface area contributed by atoms with Crippen molar-refractivity contribution in [3.05, 3.63) is 29.3 Å². The van der Waals surface area contributed by atoms with Crippen LogP contribution in [0.5, 0.6) is 5.75 Å². The lowest BCUT2D eigenvalue weighted by Gasteiger charge is -2.36. The summed E-state index contributed by atoms with van der Waals surface area (Å²) in [6.07, 6.45) is 5.58. The topological polar surface area (TPSA) is 21.7 Å². The lowest BCUT2D eigenvalue weighted by Crippen LogP contribution is -2.43. The molecule has 0 saturated carbocycles. The number of piperidine rings is 1. The maximum absolute atomic E-state index is 6.40. The van der Waals surface area contributed by atoms with Crippen LogP contribution in [0.2, 0.25) is 0 Å². The highest BCUT2D eigenvalue weighted by atomic mass is 16.5. The van der Waals surface area contributed by atoms with E-state index < -0.39 is 0 Å². The number of hydrogen-bond donors (Lipinski definition) is 0. The van der Waals surface area contributed by atoms with Gasteiger partial charge in [-0.2, -0.15) is 0 Å². The van der Waals surface area contributed by atoms with Crippen LogP contribution in [0.1, 0.15) is 50.7 Å². The van der Waals surface area contributed by atoms with Gasteiger partial charge in [-0.25, -0.2) is 0 Å². The summed E-state index contributed by atoms with van der Waals surface area (Å²) in [5, 5.41) is 0. The molecular weight excluding hydrogens is 274 g/mol. The van der Waals surface area contributed by atoms with Crippen LogP contribution in [-0.4, -0.2) is 36.2 Å². The van der Waals surface area contributed by atoms with E-state index in [0.29, 0.717) is 24.8 Å². The van der Waals surface area contributed by atoms with Crippen LogP contribution in [0, 0.1) is 6.92 Å². The van der Waals surface area contributed by atoms with Crippen LogP contribution >= 0.6 is 0 Å². The van der Waals surface area contributed by atoms with Gasteiger partial charge in [-0.3, -0.25) is 0 Å². The monoisotopic (exact) mass is 303 g/mol. The van der Waals surface area contributed by atoms with Crippen molar-refractivity contribution in [3.8, 4) is 5.75 Å². The summed E-state index contributed by atoms with van der Waals surface area (Å²) >= 11 is 0. The summed E-state index contributed by atoms with van der Waals surface area (Å²) in [6, 6.07) is 7.88. The predicted molar refractivity (Wildman–Crippen MR) is 89.3 cm³/mol. The first kappa shape index (κ1) is 15.8. The molecular formula is C19H29NO2. The molecule has 0 unspecified atom stereocenters. The molecule has 3 rings (SSSR count). The van der Waals surface area contributed by atoms with Gasteiger partial charge in [0, 0.05) is 17.6 Å². The van der Waals surface area contributed by atoms with Crippen LogP contribution in [0.25, 0.3) is 0 Å². The molecule has 0 aliphatic carbocycles. The molecule has 3 nitrogen and oxygen atoms in total.